The number of esters is 1. The van der Waals surface area contributed by atoms with Crippen LogP contribution in [0.3, 0.4) is 0 Å². The lowest BCUT2D eigenvalue weighted by atomic mass is 10.3. The van der Waals surface area contributed by atoms with Crippen molar-refractivity contribution in [2.24, 2.45) is 0 Å². The summed E-state index contributed by atoms with van der Waals surface area (Å²) in [6.07, 6.45) is 2.89. The van der Waals surface area contributed by atoms with Crippen LogP contribution in [0.4, 0.5) is 0 Å². The van der Waals surface area contributed by atoms with Crippen LogP contribution in [-0.4, -0.2) is 18.1 Å². The van der Waals surface area contributed by atoms with E-state index in [1.807, 2.05) is 6.07 Å². The highest BCUT2D eigenvalue weighted by molar-refractivity contribution is 7.17. The van der Waals surface area contributed by atoms with Gasteiger partial charge in [0, 0.05) is 0 Å². The Balaban J connectivity index is 2.31. The number of oxazole rings is 1. The number of methoxy groups -OCH3 is 1. The number of ether oxygens (including phenoxy) is 1. The predicted molar refractivity (Wildman–Crippen MR) is 51.2 cm³/mol. The van der Waals surface area contributed by atoms with Crippen molar-refractivity contribution in [3.8, 4) is 10.6 Å². The zero-order chi connectivity index (χ0) is 9.97. The summed E-state index contributed by atoms with van der Waals surface area (Å²) in [7, 11) is 1.36. The summed E-state index contributed by atoms with van der Waals surface area (Å²) in [4.78, 5) is 16.6. The zero-order valence-electron chi connectivity index (χ0n) is 7.39. The van der Waals surface area contributed by atoms with Crippen molar-refractivity contribution < 1.29 is 13.9 Å². The second-order valence-corrected chi connectivity index (χ2v) is 3.61. The third kappa shape index (κ3) is 1.54. The molecule has 0 spiro atoms. The quantitative estimate of drug-likeness (QED) is 0.711. The third-order valence-electron chi connectivity index (χ3n) is 1.68. The second kappa shape index (κ2) is 3.63. The van der Waals surface area contributed by atoms with Gasteiger partial charge in [-0.25, -0.2) is 9.78 Å². The summed E-state index contributed by atoms with van der Waals surface area (Å²) in [6.45, 7) is 0. The first-order chi connectivity index (χ1) is 6.81. The molecule has 0 saturated heterocycles. The highest BCUT2D eigenvalue weighted by atomic mass is 32.1. The van der Waals surface area contributed by atoms with Gasteiger partial charge in [-0.05, 0) is 12.1 Å². The van der Waals surface area contributed by atoms with Crippen molar-refractivity contribution in [3.05, 3.63) is 29.7 Å². The Bertz CT molecular complexity index is 433. The van der Waals surface area contributed by atoms with E-state index in [1.165, 1.54) is 31.1 Å². The highest BCUT2D eigenvalue weighted by Gasteiger charge is 2.11. The molecule has 4 nitrogen and oxygen atoms in total. The average Bonchev–Trinajstić information content (AvgIpc) is 2.86. The van der Waals surface area contributed by atoms with Crippen molar-refractivity contribution in [2.75, 3.05) is 7.11 Å². The summed E-state index contributed by atoms with van der Waals surface area (Å²) >= 11 is 1.33. The van der Waals surface area contributed by atoms with E-state index in [-0.39, 0.29) is 5.97 Å². The minimum Gasteiger partial charge on any atom is -0.465 e. The topological polar surface area (TPSA) is 52.3 Å². The molecule has 0 bridgehead atoms. The van der Waals surface area contributed by atoms with E-state index in [9.17, 15) is 4.79 Å². The molecule has 0 radical (unpaired) electrons. The molecule has 2 aromatic heterocycles. The van der Waals surface area contributed by atoms with Crippen LogP contribution >= 0.6 is 11.3 Å². The van der Waals surface area contributed by atoms with Gasteiger partial charge >= 0.3 is 5.97 Å². The SMILES string of the molecule is COC(=O)c1ccc(-c2cocn2)s1. The van der Waals surface area contributed by atoms with E-state index in [0.717, 1.165) is 10.6 Å². The Morgan fingerprint density at radius 3 is 3.07 bits per heavy atom. The zero-order valence-corrected chi connectivity index (χ0v) is 8.21. The molecule has 0 amide bonds. The van der Waals surface area contributed by atoms with E-state index in [4.69, 9.17) is 4.42 Å². The Labute approximate surface area is 84.1 Å². The molecule has 0 aliphatic heterocycles. The van der Waals surface area contributed by atoms with Gasteiger partial charge < -0.3 is 9.15 Å². The van der Waals surface area contributed by atoms with E-state index >= 15 is 0 Å². The predicted octanol–water partition coefficient (Wildman–Crippen LogP) is 2.19. The summed E-state index contributed by atoms with van der Waals surface area (Å²) < 4.78 is 9.44. The lowest BCUT2D eigenvalue weighted by molar-refractivity contribution is 0.0606. The fourth-order valence-electron chi connectivity index (χ4n) is 1.02. The average molecular weight is 209 g/mol. The highest BCUT2D eigenvalue weighted by Crippen LogP contribution is 2.26. The van der Waals surface area contributed by atoms with Crippen LogP contribution in [0.25, 0.3) is 10.6 Å². The van der Waals surface area contributed by atoms with E-state index in [0.29, 0.717) is 4.88 Å². The van der Waals surface area contributed by atoms with Crippen LogP contribution in [0, 0.1) is 0 Å². The molecule has 0 N–H and O–H groups in total. The molecule has 0 aliphatic carbocycles. The minimum absolute atomic E-state index is 0.329. The third-order valence-corrected chi connectivity index (χ3v) is 2.77. The van der Waals surface area contributed by atoms with Crippen LogP contribution in [0.1, 0.15) is 9.67 Å². The summed E-state index contributed by atoms with van der Waals surface area (Å²) in [5, 5.41) is 0. The molecule has 72 valence electrons. The van der Waals surface area contributed by atoms with Gasteiger partial charge in [-0.2, -0.15) is 0 Å². The Kier molecular flexibility index (Phi) is 2.32. The number of aromatic nitrogens is 1. The molecule has 0 fully saturated rings. The normalized spacial score (nSPS) is 10.1. The van der Waals surface area contributed by atoms with E-state index in [2.05, 4.69) is 9.72 Å². The van der Waals surface area contributed by atoms with Gasteiger partial charge in [0.05, 0.1) is 12.0 Å². The molecule has 0 aromatic carbocycles. The summed E-state index contributed by atoms with van der Waals surface area (Å²) in [6, 6.07) is 3.52. The first-order valence-electron chi connectivity index (χ1n) is 3.88. The number of rotatable bonds is 2. The van der Waals surface area contributed by atoms with E-state index < -0.39 is 0 Å². The number of carbonyl (C=O) groups excluding carboxylic acids is 1. The number of nitrogens with zero attached hydrogens (tertiary/aromatic N) is 1. The Morgan fingerprint density at radius 2 is 2.43 bits per heavy atom. The van der Waals surface area contributed by atoms with Crippen LogP contribution in [0.5, 0.6) is 0 Å². The smallest absolute Gasteiger partial charge is 0.348 e. The van der Waals surface area contributed by atoms with Gasteiger partial charge in [0.25, 0.3) is 0 Å². The molecule has 0 aliphatic rings. The molecular weight excluding hydrogens is 202 g/mol. The van der Waals surface area contributed by atoms with Crippen LogP contribution in [-0.2, 0) is 4.74 Å². The summed E-state index contributed by atoms with van der Waals surface area (Å²) in [5.74, 6) is -0.329. The van der Waals surface area contributed by atoms with Crippen molar-refractivity contribution in [2.45, 2.75) is 0 Å². The molecule has 0 atom stereocenters. The van der Waals surface area contributed by atoms with Crippen molar-refractivity contribution in [1.29, 1.82) is 0 Å². The summed E-state index contributed by atoms with van der Waals surface area (Å²) in [5.41, 5.74) is 0.727. The lowest BCUT2D eigenvalue weighted by Gasteiger charge is -1.91. The fraction of sp³-hybridized carbons (Fsp3) is 0.111. The van der Waals surface area contributed by atoms with Gasteiger partial charge in [-0.1, -0.05) is 0 Å². The van der Waals surface area contributed by atoms with Crippen LogP contribution in [0.15, 0.2) is 29.2 Å². The van der Waals surface area contributed by atoms with Gasteiger partial charge in [0.1, 0.15) is 16.8 Å². The number of carbonyl (C=O) groups is 1. The molecule has 0 unspecified atom stereocenters. The van der Waals surface area contributed by atoms with Gasteiger partial charge in [0.2, 0.25) is 0 Å². The molecule has 0 saturated carbocycles. The Hall–Kier alpha value is -1.62. The molecular formula is C9H7NO3S. The second-order valence-electron chi connectivity index (χ2n) is 2.53. The molecule has 2 rings (SSSR count). The van der Waals surface area contributed by atoms with Crippen molar-refractivity contribution in [3.63, 3.8) is 0 Å². The van der Waals surface area contributed by atoms with Gasteiger partial charge in [-0.3, -0.25) is 0 Å². The lowest BCUT2D eigenvalue weighted by Crippen LogP contribution is -1.96. The van der Waals surface area contributed by atoms with Crippen LogP contribution < -0.4 is 0 Å². The molecule has 2 aromatic rings. The number of hydrogen-bond acceptors (Lipinski definition) is 5. The van der Waals surface area contributed by atoms with Gasteiger partial charge in [0.15, 0.2) is 6.39 Å². The maximum atomic E-state index is 11.1. The van der Waals surface area contributed by atoms with Crippen molar-refractivity contribution >= 4 is 17.3 Å². The first kappa shape index (κ1) is 8.96. The molecule has 5 heteroatoms. The monoisotopic (exact) mass is 209 g/mol. The van der Waals surface area contributed by atoms with E-state index in [1.54, 1.807) is 6.07 Å². The largest absolute Gasteiger partial charge is 0.465 e. The number of thiophene rings is 1. The molecule has 14 heavy (non-hydrogen) atoms. The number of hydrogen-bond donors (Lipinski definition) is 0. The van der Waals surface area contributed by atoms with Crippen LogP contribution in [0.2, 0.25) is 0 Å². The van der Waals surface area contributed by atoms with Crippen molar-refractivity contribution in [1.82, 2.24) is 4.98 Å². The minimum atomic E-state index is -0.329. The molecule has 2 heterocycles. The van der Waals surface area contributed by atoms with Gasteiger partial charge in [-0.15, -0.1) is 11.3 Å². The maximum absolute atomic E-state index is 11.1. The first-order valence-corrected chi connectivity index (χ1v) is 4.69. The standard InChI is InChI=1S/C9H7NO3S/c1-12-9(11)8-3-2-7(14-8)6-4-13-5-10-6/h2-5H,1H3. The maximum Gasteiger partial charge on any atom is 0.348 e. The fourth-order valence-corrected chi connectivity index (χ4v) is 1.90. The Morgan fingerprint density at radius 1 is 1.57 bits per heavy atom.